The average Bonchev–Trinajstić information content (AvgIpc) is 2.38. The molecule has 0 aliphatic carbocycles. The Kier molecular flexibility index (Phi) is 6.39. The van der Waals surface area contributed by atoms with Gasteiger partial charge in [0.05, 0.1) is 5.92 Å². The van der Waals surface area contributed by atoms with Crippen LogP contribution in [0.15, 0.2) is 24.3 Å². The number of aliphatic hydroxyl groups is 1. The van der Waals surface area contributed by atoms with Gasteiger partial charge in [-0.15, -0.1) is 0 Å². The smallest absolute Gasteiger partial charge is 0.228 e. The molecule has 1 aromatic rings. The van der Waals surface area contributed by atoms with Gasteiger partial charge in [-0.05, 0) is 37.0 Å². The minimum atomic E-state index is -0.133. The highest BCUT2D eigenvalue weighted by atomic mass is 16.2. The second kappa shape index (κ2) is 7.84. The number of nitrogens with two attached hydrogens (primary N) is 1. The van der Waals surface area contributed by atoms with Gasteiger partial charge in [-0.3, -0.25) is 4.79 Å². The van der Waals surface area contributed by atoms with Crippen LogP contribution >= 0.6 is 0 Å². The van der Waals surface area contributed by atoms with Crippen LogP contribution in [0.2, 0.25) is 0 Å². The molecule has 18 heavy (non-hydrogen) atoms. The molecule has 0 spiro atoms. The lowest BCUT2D eigenvalue weighted by atomic mass is 10.1. The largest absolute Gasteiger partial charge is 0.396 e. The number of aliphatic hydroxyl groups excluding tert-OH is 1. The number of carbonyl (C=O) groups excluding carboxylic acids is 1. The average molecular weight is 250 g/mol. The molecule has 1 rings (SSSR count). The van der Waals surface area contributed by atoms with Crippen LogP contribution in [0.5, 0.6) is 0 Å². The Balaban J connectivity index is 2.63. The molecule has 0 heterocycles. The summed E-state index contributed by atoms with van der Waals surface area (Å²) in [5.41, 5.74) is 7.45. The molecule has 4 heteroatoms. The van der Waals surface area contributed by atoms with Gasteiger partial charge in [0, 0.05) is 18.8 Å². The number of hydrogen-bond donors (Lipinski definition) is 3. The number of nitrogens with one attached hydrogen (secondary N) is 1. The molecule has 1 atom stereocenters. The fourth-order valence-corrected chi connectivity index (χ4v) is 1.79. The molecular weight excluding hydrogens is 228 g/mol. The van der Waals surface area contributed by atoms with Crippen LogP contribution in [-0.4, -0.2) is 24.2 Å². The van der Waals surface area contributed by atoms with Gasteiger partial charge in [-0.1, -0.05) is 19.1 Å². The zero-order valence-electron chi connectivity index (χ0n) is 10.9. The molecule has 0 bridgehead atoms. The SMILES string of the molecule is CCC(CN)C(=O)Nc1cccc(CCCO)c1. The Morgan fingerprint density at radius 1 is 1.50 bits per heavy atom. The van der Waals surface area contributed by atoms with Crippen molar-refractivity contribution in [2.45, 2.75) is 26.2 Å². The third-order valence-corrected chi connectivity index (χ3v) is 2.97. The first-order valence-electron chi connectivity index (χ1n) is 6.42. The Bertz CT molecular complexity index is 376. The Hall–Kier alpha value is -1.39. The zero-order valence-corrected chi connectivity index (χ0v) is 10.9. The van der Waals surface area contributed by atoms with E-state index < -0.39 is 0 Å². The molecule has 1 amide bonds. The first-order chi connectivity index (χ1) is 8.71. The van der Waals surface area contributed by atoms with Crippen LogP contribution in [0.3, 0.4) is 0 Å². The maximum absolute atomic E-state index is 11.9. The van der Waals surface area contributed by atoms with Gasteiger partial charge in [-0.2, -0.15) is 0 Å². The van der Waals surface area contributed by atoms with Crippen LogP contribution in [0, 0.1) is 5.92 Å². The molecular formula is C14H22N2O2. The lowest BCUT2D eigenvalue weighted by molar-refractivity contribution is -0.119. The summed E-state index contributed by atoms with van der Waals surface area (Å²) < 4.78 is 0. The molecule has 0 fully saturated rings. The van der Waals surface area contributed by atoms with Crippen molar-refractivity contribution in [2.24, 2.45) is 11.7 Å². The number of aryl methyl sites for hydroxylation is 1. The highest BCUT2D eigenvalue weighted by Crippen LogP contribution is 2.14. The van der Waals surface area contributed by atoms with Crippen molar-refractivity contribution in [3.63, 3.8) is 0 Å². The molecule has 0 aliphatic rings. The molecule has 4 N–H and O–H groups in total. The van der Waals surface area contributed by atoms with Gasteiger partial charge in [0.25, 0.3) is 0 Å². The molecule has 1 unspecified atom stereocenters. The van der Waals surface area contributed by atoms with Gasteiger partial charge in [-0.25, -0.2) is 0 Å². The summed E-state index contributed by atoms with van der Waals surface area (Å²) in [6.45, 7) is 2.50. The molecule has 100 valence electrons. The summed E-state index contributed by atoms with van der Waals surface area (Å²) in [4.78, 5) is 11.9. The van der Waals surface area contributed by atoms with E-state index in [9.17, 15) is 4.79 Å². The fraction of sp³-hybridized carbons (Fsp3) is 0.500. The monoisotopic (exact) mass is 250 g/mol. The fourth-order valence-electron chi connectivity index (χ4n) is 1.79. The molecule has 1 aromatic carbocycles. The Morgan fingerprint density at radius 2 is 2.28 bits per heavy atom. The summed E-state index contributed by atoms with van der Waals surface area (Å²) in [6, 6.07) is 7.71. The number of hydrogen-bond acceptors (Lipinski definition) is 3. The van der Waals surface area contributed by atoms with E-state index >= 15 is 0 Å². The van der Waals surface area contributed by atoms with E-state index in [0.717, 1.165) is 30.5 Å². The van der Waals surface area contributed by atoms with E-state index in [1.54, 1.807) is 0 Å². The number of benzene rings is 1. The maximum Gasteiger partial charge on any atom is 0.228 e. The minimum absolute atomic E-state index is 0.0284. The van der Waals surface area contributed by atoms with E-state index in [0.29, 0.717) is 6.54 Å². The second-order valence-corrected chi connectivity index (χ2v) is 4.36. The van der Waals surface area contributed by atoms with Crippen molar-refractivity contribution in [3.05, 3.63) is 29.8 Å². The van der Waals surface area contributed by atoms with Gasteiger partial charge in [0.2, 0.25) is 5.91 Å². The van der Waals surface area contributed by atoms with Gasteiger partial charge in [0.15, 0.2) is 0 Å². The molecule has 0 saturated heterocycles. The molecule has 4 nitrogen and oxygen atoms in total. The molecule has 0 radical (unpaired) electrons. The van der Waals surface area contributed by atoms with Gasteiger partial charge >= 0.3 is 0 Å². The number of rotatable bonds is 7. The summed E-state index contributed by atoms with van der Waals surface area (Å²) in [6.07, 6.45) is 2.29. The van der Waals surface area contributed by atoms with Crippen molar-refractivity contribution in [1.82, 2.24) is 0 Å². The minimum Gasteiger partial charge on any atom is -0.396 e. The standard InChI is InChI=1S/C14H22N2O2/c1-2-12(10-15)14(18)16-13-7-3-5-11(9-13)6-4-8-17/h3,5,7,9,12,17H,2,4,6,8,10,15H2,1H3,(H,16,18). The summed E-state index contributed by atoms with van der Waals surface area (Å²) >= 11 is 0. The van der Waals surface area contributed by atoms with Crippen LogP contribution in [0.25, 0.3) is 0 Å². The van der Waals surface area contributed by atoms with E-state index in [1.165, 1.54) is 0 Å². The zero-order chi connectivity index (χ0) is 13.4. The lowest BCUT2D eigenvalue weighted by Crippen LogP contribution is -2.28. The predicted octanol–water partition coefficient (Wildman–Crippen LogP) is 1.53. The summed E-state index contributed by atoms with van der Waals surface area (Å²) in [5, 5.41) is 11.7. The first-order valence-corrected chi connectivity index (χ1v) is 6.42. The normalized spacial score (nSPS) is 12.2. The highest BCUT2D eigenvalue weighted by Gasteiger charge is 2.14. The van der Waals surface area contributed by atoms with E-state index in [2.05, 4.69) is 5.32 Å². The van der Waals surface area contributed by atoms with Crippen LogP contribution in [-0.2, 0) is 11.2 Å². The van der Waals surface area contributed by atoms with E-state index in [1.807, 2.05) is 31.2 Å². The van der Waals surface area contributed by atoms with Crippen LogP contribution in [0.1, 0.15) is 25.3 Å². The van der Waals surface area contributed by atoms with Crippen molar-refractivity contribution in [3.8, 4) is 0 Å². The number of amides is 1. The highest BCUT2D eigenvalue weighted by molar-refractivity contribution is 5.92. The second-order valence-electron chi connectivity index (χ2n) is 4.36. The topological polar surface area (TPSA) is 75.4 Å². The van der Waals surface area contributed by atoms with Crippen molar-refractivity contribution in [2.75, 3.05) is 18.5 Å². The predicted molar refractivity (Wildman–Crippen MR) is 73.3 cm³/mol. The van der Waals surface area contributed by atoms with Crippen molar-refractivity contribution >= 4 is 11.6 Å². The number of carbonyl (C=O) groups is 1. The Labute approximate surface area is 108 Å². The van der Waals surface area contributed by atoms with Crippen LogP contribution in [0.4, 0.5) is 5.69 Å². The van der Waals surface area contributed by atoms with Gasteiger partial charge < -0.3 is 16.2 Å². The van der Waals surface area contributed by atoms with Crippen LogP contribution < -0.4 is 11.1 Å². The third-order valence-electron chi connectivity index (χ3n) is 2.97. The summed E-state index contributed by atoms with van der Waals surface area (Å²) in [5.74, 6) is -0.162. The maximum atomic E-state index is 11.9. The first kappa shape index (κ1) is 14.7. The molecule has 0 aromatic heterocycles. The number of anilines is 1. The van der Waals surface area contributed by atoms with E-state index in [4.69, 9.17) is 10.8 Å². The Morgan fingerprint density at radius 3 is 2.89 bits per heavy atom. The third kappa shape index (κ3) is 4.47. The van der Waals surface area contributed by atoms with Gasteiger partial charge in [0.1, 0.15) is 0 Å². The molecule has 0 aliphatic heterocycles. The summed E-state index contributed by atoms with van der Waals surface area (Å²) in [7, 11) is 0. The van der Waals surface area contributed by atoms with E-state index in [-0.39, 0.29) is 18.4 Å². The lowest BCUT2D eigenvalue weighted by Gasteiger charge is -2.13. The molecule has 0 saturated carbocycles. The quantitative estimate of drug-likeness (QED) is 0.687. The van der Waals surface area contributed by atoms with Crippen molar-refractivity contribution < 1.29 is 9.90 Å². The van der Waals surface area contributed by atoms with Crippen molar-refractivity contribution in [1.29, 1.82) is 0 Å².